The predicted octanol–water partition coefficient (Wildman–Crippen LogP) is 3.16. The van der Waals surface area contributed by atoms with Crippen LogP contribution in [0.15, 0.2) is 48.5 Å². The van der Waals surface area contributed by atoms with Crippen LogP contribution < -0.4 is 10.1 Å². The van der Waals surface area contributed by atoms with Crippen molar-refractivity contribution in [3.05, 3.63) is 57.7 Å². The molecule has 6 heteroatoms. The molecule has 120 valence electrons. The first-order valence-corrected chi connectivity index (χ1v) is 8.02. The lowest BCUT2D eigenvalue weighted by Gasteiger charge is -2.09. The normalized spacial score (nSPS) is 10.0. The maximum absolute atomic E-state index is 11.7. The summed E-state index contributed by atoms with van der Waals surface area (Å²) in [5.41, 5.74) is 1.58. The number of para-hydroxylation sites is 1. The second-order valence-electron chi connectivity index (χ2n) is 4.77. The fourth-order valence-corrected chi connectivity index (χ4v) is 2.13. The summed E-state index contributed by atoms with van der Waals surface area (Å²) in [5, 5.41) is 2.65. The van der Waals surface area contributed by atoms with E-state index in [1.807, 2.05) is 37.3 Å². The van der Waals surface area contributed by atoms with Crippen LogP contribution in [0.25, 0.3) is 0 Å². The summed E-state index contributed by atoms with van der Waals surface area (Å²) in [6.45, 7) is 1.30. The summed E-state index contributed by atoms with van der Waals surface area (Å²) in [6.07, 6.45) is 0. The number of anilines is 1. The van der Waals surface area contributed by atoms with Crippen LogP contribution in [0.5, 0.6) is 5.75 Å². The van der Waals surface area contributed by atoms with Crippen molar-refractivity contribution in [1.29, 1.82) is 0 Å². The molecule has 2 aromatic carbocycles. The van der Waals surface area contributed by atoms with E-state index in [1.54, 1.807) is 18.2 Å². The average molecular weight is 425 g/mol. The molecule has 0 aliphatic heterocycles. The number of hydrogen-bond donors (Lipinski definition) is 1. The zero-order chi connectivity index (χ0) is 16.7. The molecule has 1 amide bonds. The van der Waals surface area contributed by atoms with Crippen LogP contribution in [0.2, 0.25) is 0 Å². The Kier molecular flexibility index (Phi) is 6.40. The molecule has 0 fully saturated rings. The highest BCUT2D eigenvalue weighted by Crippen LogP contribution is 2.16. The lowest BCUT2D eigenvalue weighted by Crippen LogP contribution is -2.23. The van der Waals surface area contributed by atoms with Crippen LogP contribution in [0.1, 0.15) is 5.56 Å². The van der Waals surface area contributed by atoms with Gasteiger partial charge in [-0.2, -0.15) is 0 Å². The van der Waals surface area contributed by atoms with E-state index in [-0.39, 0.29) is 13.2 Å². The number of benzene rings is 2. The van der Waals surface area contributed by atoms with Gasteiger partial charge in [0.2, 0.25) is 0 Å². The van der Waals surface area contributed by atoms with E-state index in [1.165, 1.54) is 0 Å². The number of hydrogen-bond acceptors (Lipinski definition) is 4. The molecule has 2 rings (SSSR count). The topological polar surface area (TPSA) is 64.6 Å². The smallest absolute Gasteiger partial charge is 0.344 e. The molecule has 5 nitrogen and oxygen atoms in total. The van der Waals surface area contributed by atoms with Crippen LogP contribution in [0, 0.1) is 10.5 Å². The summed E-state index contributed by atoms with van der Waals surface area (Å²) >= 11 is 2.18. The van der Waals surface area contributed by atoms with Gasteiger partial charge in [0.1, 0.15) is 5.75 Å². The van der Waals surface area contributed by atoms with Crippen LogP contribution in [0.3, 0.4) is 0 Å². The molecule has 0 radical (unpaired) electrons. The average Bonchev–Trinajstić information content (AvgIpc) is 2.54. The molecule has 0 unspecified atom stereocenters. The van der Waals surface area contributed by atoms with Gasteiger partial charge >= 0.3 is 5.97 Å². The van der Waals surface area contributed by atoms with Crippen LogP contribution in [-0.4, -0.2) is 25.1 Å². The van der Waals surface area contributed by atoms with E-state index >= 15 is 0 Å². The third-order valence-electron chi connectivity index (χ3n) is 2.93. The van der Waals surface area contributed by atoms with Gasteiger partial charge in [0.05, 0.1) is 0 Å². The van der Waals surface area contributed by atoms with Gasteiger partial charge in [-0.05, 0) is 65.4 Å². The molecule has 2 aromatic rings. The molecule has 0 bridgehead atoms. The number of amides is 1. The SMILES string of the molecule is Cc1ccccc1OCC(=O)OCC(=O)Nc1ccc(I)cc1. The van der Waals surface area contributed by atoms with Crippen molar-refractivity contribution >= 4 is 40.2 Å². The third-order valence-corrected chi connectivity index (χ3v) is 3.65. The first-order valence-electron chi connectivity index (χ1n) is 6.94. The Hall–Kier alpha value is -2.09. The number of esters is 1. The Balaban J connectivity index is 1.72. The Morgan fingerprint density at radius 1 is 1.04 bits per heavy atom. The summed E-state index contributed by atoms with van der Waals surface area (Å²) in [6, 6.07) is 14.7. The zero-order valence-electron chi connectivity index (χ0n) is 12.5. The second-order valence-corrected chi connectivity index (χ2v) is 6.02. The highest BCUT2D eigenvalue weighted by Gasteiger charge is 2.09. The summed E-state index contributed by atoms with van der Waals surface area (Å²) in [7, 11) is 0. The Morgan fingerprint density at radius 3 is 2.43 bits per heavy atom. The van der Waals surface area contributed by atoms with Gasteiger partial charge in [-0.15, -0.1) is 0 Å². The van der Waals surface area contributed by atoms with E-state index < -0.39 is 11.9 Å². The van der Waals surface area contributed by atoms with Crippen LogP contribution >= 0.6 is 22.6 Å². The maximum Gasteiger partial charge on any atom is 0.344 e. The Morgan fingerprint density at radius 2 is 1.74 bits per heavy atom. The summed E-state index contributed by atoms with van der Waals surface area (Å²) in [4.78, 5) is 23.3. The van der Waals surface area contributed by atoms with Crippen molar-refractivity contribution in [2.45, 2.75) is 6.92 Å². The van der Waals surface area contributed by atoms with Crippen molar-refractivity contribution < 1.29 is 19.1 Å². The molecule has 23 heavy (non-hydrogen) atoms. The van der Waals surface area contributed by atoms with E-state index in [0.29, 0.717) is 11.4 Å². The first-order chi connectivity index (χ1) is 11.0. The predicted molar refractivity (Wildman–Crippen MR) is 95.4 cm³/mol. The molecule has 0 atom stereocenters. The highest BCUT2D eigenvalue weighted by atomic mass is 127. The summed E-state index contributed by atoms with van der Waals surface area (Å²) < 4.78 is 11.3. The molecule has 1 N–H and O–H groups in total. The number of carbonyl (C=O) groups excluding carboxylic acids is 2. The molecule has 0 heterocycles. The van der Waals surface area contributed by atoms with Gasteiger partial charge in [0.15, 0.2) is 13.2 Å². The standard InChI is InChI=1S/C17H16INO4/c1-12-4-2-3-5-15(12)22-11-17(21)23-10-16(20)19-14-8-6-13(18)7-9-14/h2-9H,10-11H2,1H3,(H,19,20). The molecule has 0 saturated carbocycles. The third kappa shape index (κ3) is 5.90. The number of rotatable bonds is 6. The van der Waals surface area contributed by atoms with Gasteiger partial charge in [-0.1, -0.05) is 18.2 Å². The second kappa shape index (κ2) is 8.52. The van der Waals surface area contributed by atoms with E-state index in [0.717, 1.165) is 9.13 Å². The molecule has 0 saturated heterocycles. The highest BCUT2D eigenvalue weighted by molar-refractivity contribution is 14.1. The number of nitrogens with one attached hydrogen (secondary N) is 1. The van der Waals surface area contributed by atoms with Gasteiger partial charge in [0.25, 0.3) is 5.91 Å². The van der Waals surface area contributed by atoms with Gasteiger partial charge < -0.3 is 14.8 Å². The fraction of sp³-hybridized carbons (Fsp3) is 0.176. The molecule has 0 aliphatic rings. The van der Waals surface area contributed by atoms with Gasteiger partial charge in [0, 0.05) is 9.26 Å². The lowest BCUT2D eigenvalue weighted by atomic mass is 10.2. The number of halogens is 1. The van der Waals surface area contributed by atoms with Crippen molar-refractivity contribution in [2.75, 3.05) is 18.5 Å². The van der Waals surface area contributed by atoms with Crippen molar-refractivity contribution in [3.8, 4) is 5.75 Å². The van der Waals surface area contributed by atoms with Gasteiger partial charge in [-0.25, -0.2) is 4.79 Å². The molecule has 0 aliphatic carbocycles. The molecule has 0 spiro atoms. The minimum absolute atomic E-state index is 0.234. The first kappa shape index (κ1) is 17.3. The van der Waals surface area contributed by atoms with E-state index in [2.05, 4.69) is 27.9 Å². The minimum atomic E-state index is -0.592. The largest absolute Gasteiger partial charge is 0.482 e. The van der Waals surface area contributed by atoms with Crippen molar-refractivity contribution in [2.24, 2.45) is 0 Å². The summed E-state index contributed by atoms with van der Waals surface area (Å²) in [5.74, 6) is -0.366. The number of carbonyl (C=O) groups is 2. The maximum atomic E-state index is 11.7. The monoisotopic (exact) mass is 425 g/mol. The fourth-order valence-electron chi connectivity index (χ4n) is 1.77. The van der Waals surface area contributed by atoms with E-state index in [4.69, 9.17) is 9.47 Å². The van der Waals surface area contributed by atoms with Crippen LogP contribution in [0.4, 0.5) is 5.69 Å². The molecular formula is C17H16INO4. The molecular weight excluding hydrogens is 409 g/mol. The molecule has 0 aromatic heterocycles. The van der Waals surface area contributed by atoms with Crippen molar-refractivity contribution in [3.63, 3.8) is 0 Å². The Labute approximate surface area is 148 Å². The van der Waals surface area contributed by atoms with E-state index in [9.17, 15) is 9.59 Å². The quantitative estimate of drug-likeness (QED) is 0.571. The lowest BCUT2D eigenvalue weighted by molar-refractivity contribution is -0.149. The van der Waals surface area contributed by atoms with Gasteiger partial charge in [-0.3, -0.25) is 4.79 Å². The van der Waals surface area contributed by atoms with Crippen molar-refractivity contribution in [1.82, 2.24) is 0 Å². The minimum Gasteiger partial charge on any atom is -0.482 e. The van der Waals surface area contributed by atoms with Crippen LogP contribution in [-0.2, 0) is 14.3 Å². The Bertz CT molecular complexity index is 685. The number of ether oxygens (including phenoxy) is 2. The number of aryl methyl sites for hydroxylation is 1. The zero-order valence-corrected chi connectivity index (χ0v) is 14.7.